The van der Waals surface area contributed by atoms with Gasteiger partial charge in [0.1, 0.15) is 0 Å². The molecule has 0 amide bonds. The van der Waals surface area contributed by atoms with Crippen molar-refractivity contribution in [2.75, 3.05) is 19.7 Å². The molecular weight excluding hydrogens is 242 g/mol. The van der Waals surface area contributed by atoms with Gasteiger partial charge in [-0.1, -0.05) is 30.3 Å². The van der Waals surface area contributed by atoms with E-state index < -0.39 is 0 Å². The first-order chi connectivity index (χ1) is 9.15. The van der Waals surface area contributed by atoms with E-state index in [1.165, 1.54) is 12.5 Å². The average molecular weight is 263 g/mol. The summed E-state index contributed by atoms with van der Waals surface area (Å²) in [5.41, 5.74) is 1.27. The number of ether oxygens (including phenoxy) is 1. The first kappa shape index (κ1) is 14.0. The maximum Gasteiger partial charge on any atom is 0.302 e. The van der Waals surface area contributed by atoms with E-state index >= 15 is 0 Å². The molecule has 1 saturated heterocycles. The Hall–Kier alpha value is -1.39. The van der Waals surface area contributed by atoms with Crippen LogP contribution in [-0.2, 0) is 16.1 Å². The summed E-state index contributed by atoms with van der Waals surface area (Å²) in [6.07, 6.45) is 0.366. The summed E-state index contributed by atoms with van der Waals surface area (Å²) >= 11 is 0. The highest BCUT2D eigenvalue weighted by Gasteiger charge is 2.28. The average Bonchev–Trinajstić information content (AvgIpc) is 2.40. The van der Waals surface area contributed by atoms with E-state index in [0.717, 1.165) is 26.1 Å². The fourth-order valence-corrected chi connectivity index (χ4v) is 2.47. The van der Waals surface area contributed by atoms with Gasteiger partial charge in [0, 0.05) is 32.5 Å². The maximum atomic E-state index is 10.8. The van der Waals surface area contributed by atoms with Crippen LogP contribution < -0.4 is 0 Å². The lowest BCUT2D eigenvalue weighted by atomic mass is 9.95. The van der Waals surface area contributed by atoms with Gasteiger partial charge < -0.3 is 9.84 Å². The monoisotopic (exact) mass is 263 g/mol. The molecule has 0 bridgehead atoms. The summed E-state index contributed by atoms with van der Waals surface area (Å²) in [7, 11) is 0. The van der Waals surface area contributed by atoms with Crippen molar-refractivity contribution in [3.8, 4) is 0 Å². The molecule has 2 unspecified atom stereocenters. The molecule has 1 aromatic carbocycles. The quantitative estimate of drug-likeness (QED) is 0.835. The van der Waals surface area contributed by atoms with E-state index in [-0.39, 0.29) is 18.0 Å². The molecule has 2 atom stereocenters. The van der Waals surface area contributed by atoms with Crippen LogP contribution in [0.1, 0.15) is 18.9 Å². The molecule has 1 heterocycles. The first-order valence-corrected chi connectivity index (χ1v) is 6.73. The molecule has 0 aliphatic carbocycles. The molecule has 0 radical (unpaired) electrons. The van der Waals surface area contributed by atoms with Gasteiger partial charge in [0.2, 0.25) is 0 Å². The predicted octanol–water partition coefficient (Wildman–Crippen LogP) is 1.43. The van der Waals surface area contributed by atoms with Crippen molar-refractivity contribution in [1.29, 1.82) is 0 Å². The molecule has 4 nitrogen and oxygen atoms in total. The topological polar surface area (TPSA) is 49.8 Å². The van der Waals surface area contributed by atoms with Crippen molar-refractivity contribution in [3.05, 3.63) is 35.9 Å². The zero-order chi connectivity index (χ0) is 13.7. The number of aliphatic hydroxyl groups excluding tert-OH is 1. The lowest BCUT2D eigenvalue weighted by molar-refractivity contribution is -0.144. The Bertz CT molecular complexity index is 407. The second kappa shape index (κ2) is 6.68. The predicted molar refractivity (Wildman–Crippen MR) is 72.5 cm³/mol. The van der Waals surface area contributed by atoms with Crippen LogP contribution in [-0.4, -0.2) is 41.8 Å². The van der Waals surface area contributed by atoms with Gasteiger partial charge in [-0.25, -0.2) is 0 Å². The zero-order valence-corrected chi connectivity index (χ0v) is 11.3. The highest BCUT2D eigenvalue weighted by Crippen LogP contribution is 2.19. The fourth-order valence-electron chi connectivity index (χ4n) is 2.47. The third-order valence-electron chi connectivity index (χ3n) is 3.53. The van der Waals surface area contributed by atoms with E-state index in [0.29, 0.717) is 6.61 Å². The fraction of sp³-hybridized carbons (Fsp3) is 0.533. The molecule has 1 fully saturated rings. The van der Waals surface area contributed by atoms with Crippen LogP contribution in [0, 0.1) is 5.92 Å². The van der Waals surface area contributed by atoms with Gasteiger partial charge in [-0.3, -0.25) is 9.69 Å². The van der Waals surface area contributed by atoms with Gasteiger partial charge in [0.05, 0.1) is 12.7 Å². The smallest absolute Gasteiger partial charge is 0.302 e. The van der Waals surface area contributed by atoms with Crippen molar-refractivity contribution in [1.82, 2.24) is 4.90 Å². The number of benzene rings is 1. The Balaban J connectivity index is 1.88. The summed E-state index contributed by atoms with van der Waals surface area (Å²) in [5, 5.41) is 9.95. The van der Waals surface area contributed by atoms with Crippen LogP contribution in [0.3, 0.4) is 0 Å². The van der Waals surface area contributed by atoms with Gasteiger partial charge in [-0.05, 0) is 12.0 Å². The second-order valence-corrected chi connectivity index (χ2v) is 5.14. The number of aliphatic hydroxyl groups is 1. The van der Waals surface area contributed by atoms with Crippen LogP contribution in [0.5, 0.6) is 0 Å². The third-order valence-corrected chi connectivity index (χ3v) is 3.53. The molecule has 1 aliphatic rings. The van der Waals surface area contributed by atoms with Crippen LogP contribution in [0.15, 0.2) is 30.3 Å². The van der Waals surface area contributed by atoms with Crippen molar-refractivity contribution < 1.29 is 14.6 Å². The lowest BCUT2D eigenvalue weighted by Crippen LogP contribution is -2.44. The highest BCUT2D eigenvalue weighted by atomic mass is 16.5. The Morgan fingerprint density at radius 1 is 1.42 bits per heavy atom. The Kier molecular flexibility index (Phi) is 4.93. The molecule has 0 saturated carbocycles. The Morgan fingerprint density at radius 3 is 2.84 bits per heavy atom. The van der Waals surface area contributed by atoms with E-state index in [1.54, 1.807) is 0 Å². The first-order valence-electron chi connectivity index (χ1n) is 6.73. The normalized spacial score (nSPS) is 24.1. The SMILES string of the molecule is CC(=O)OCC1CN(Cc2ccccc2)CCC1O. The van der Waals surface area contributed by atoms with Crippen molar-refractivity contribution in [2.45, 2.75) is 26.0 Å². The summed E-state index contributed by atoms with van der Waals surface area (Å²) in [4.78, 5) is 13.1. The van der Waals surface area contributed by atoms with E-state index in [2.05, 4.69) is 17.0 Å². The summed E-state index contributed by atoms with van der Waals surface area (Å²) < 4.78 is 5.02. The van der Waals surface area contributed by atoms with Crippen molar-refractivity contribution in [2.24, 2.45) is 5.92 Å². The Labute approximate surface area is 114 Å². The Morgan fingerprint density at radius 2 is 2.16 bits per heavy atom. The number of carbonyl (C=O) groups is 1. The molecule has 1 aromatic rings. The molecule has 19 heavy (non-hydrogen) atoms. The minimum absolute atomic E-state index is 0.0152. The number of hydrogen-bond donors (Lipinski definition) is 1. The maximum absolute atomic E-state index is 10.8. The summed E-state index contributed by atoms with van der Waals surface area (Å²) in [6, 6.07) is 10.3. The summed E-state index contributed by atoms with van der Waals surface area (Å²) in [5.74, 6) is -0.270. The van der Waals surface area contributed by atoms with Gasteiger partial charge >= 0.3 is 5.97 Å². The number of rotatable bonds is 4. The van der Waals surface area contributed by atoms with Crippen molar-refractivity contribution in [3.63, 3.8) is 0 Å². The van der Waals surface area contributed by atoms with Crippen LogP contribution in [0.25, 0.3) is 0 Å². The number of nitrogens with zero attached hydrogens (tertiary/aromatic N) is 1. The van der Waals surface area contributed by atoms with Gasteiger partial charge in [-0.2, -0.15) is 0 Å². The largest absolute Gasteiger partial charge is 0.465 e. The molecule has 2 rings (SSSR count). The van der Waals surface area contributed by atoms with Crippen molar-refractivity contribution >= 4 is 5.97 Å². The number of hydrogen-bond acceptors (Lipinski definition) is 4. The second-order valence-electron chi connectivity index (χ2n) is 5.14. The zero-order valence-electron chi connectivity index (χ0n) is 11.3. The van der Waals surface area contributed by atoms with Gasteiger partial charge in [0.15, 0.2) is 0 Å². The molecular formula is C15H21NO3. The number of esters is 1. The summed E-state index contributed by atoms with van der Waals surface area (Å²) in [6.45, 7) is 4.23. The standard InChI is InChI=1S/C15H21NO3/c1-12(17)19-11-14-10-16(8-7-15(14)18)9-13-5-3-2-4-6-13/h2-6,14-15,18H,7-11H2,1H3. The number of carbonyl (C=O) groups excluding carboxylic acids is 1. The third kappa shape index (κ3) is 4.33. The lowest BCUT2D eigenvalue weighted by Gasteiger charge is -2.35. The van der Waals surface area contributed by atoms with Crippen LogP contribution >= 0.6 is 0 Å². The van der Waals surface area contributed by atoms with E-state index in [4.69, 9.17) is 4.74 Å². The number of piperidine rings is 1. The molecule has 4 heteroatoms. The minimum Gasteiger partial charge on any atom is -0.465 e. The molecule has 0 aromatic heterocycles. The molecule has 1 N–H and O–H groups in total. The van der Waals surface area contributed by atoms with E-state index in [9.17, 15) is 9.90 Å². The minimum atomic E-state index is -0.369. The highest BCUT2D eigenvalue weighted by molar-refractivity contribution is 5.65. The van der Waals surface area contributed by atoms with Gasteiger partial charge in [-0.15, -0.1) is 0 Å². The molecule has 1 aliphatic heterocycles. The molecule has 0 spiro atoms. The number of likely N-dealkylation sites (tertiary alicyclic amines) is 1. The van der Waals surface area contributed by atoms with Crippen LogP contribution in [0.4, 0.5) is 0 Å². The van der Waals surface area contributed by atoms with Gasteiger partial charge in [0.25, 0.3) is 0 Å². The van der Waals surface area contributed by atoms with E-state index in [1.807, 2.05) is 18.2 Å². The van der Waals surface area contributed by atoms with Crippen LogP contribution in [0.2, 0.25) is 0 Å². The molecule has 104 valence electrons.